The molecule has 2 aliphatic heterocycles. The lowest BCUT2D eigenvalue weighted by Crippen LogP contribution is -2.53. The number of nitrogens with one attached hydrogen (secondary N) is 1. The lowest BCUT2D eigenvalue weighted by molar-refractivity contribution is 0.184. The lowest BCUT2D eigenvalue weighted by atomic mass is 9.90. The molecule has 0 radical (unpaired) electrons. The normalized spacial score (nSPS) is 40.3. The van der Waals surface area contributed by atoms with Gasteiger partial charge in [-0.05, 0) is 45.2 Å². The SMILES string of the molecule is CC1CCN(CC2(C)CCCCN2)C1. The Morgan fingerprint density at radius 1 is 1.43 bits per heavy atom. The largest absolute Gasteiger partial charge is 0.310 e. The first kappa shape index (κ1) is 10.4. The minimum absolute atomic E-state index is 0.405. The van der Waals surface area contributed by atoms with E-state index in [1.54, 1.807) is 0 Å². The molecular formula is C12H24N2. The quantitative estimate of drug-likeness (QED) is 0.725. The van der Waals surface area contributed by atoms with Crippen LogP contribution in [0.25, 0.3) is 0 Å². The molecule has 2 rings (SSSR count). The zero-order chi connectivity index (χ0) is 10.0. The maximum Gasteiger partial charge on any atom is 0.0280 e. The number of nitrogens with zero attached hydrogens (tertiary/aromatic N) is 1. The number of piperidine rings is 1. The van der Waals surface area contributed by atoms with Gasteiger partial charge in [0.05, 0.1) is 0 Å². The van der Waals surface area contributed by atoms with Gasteiger partial charge in [-0.25, -0.2) is 0 Å². The van der Waals surface area contributed by atoms with Crippen LogP contribution in [0.5, 0.6) is 0 Å². The summed E-state index contributed by atoms with van der Waals surface area (Å²) in [5.41, 5.74) is 0.405. The van der Waals surface area contributed by atoms with Crippen molar-refractivity contribution in [3.63, 3.8) is 0 Å². The van der Waals surface area contributed by atoms with E-state index < -0.39 is 0 Å². The summed E-state index contributed by atoms with van der Waals surface area (Å²) in [5.74, 6) is 0.919. The molecule has 2 atom stereocenters. The molecule has 2 unspecified atom stereocenters. The van der Waals surface area contributed by atoms with Gasteiger partial charge in [0.15, 0.2) is 0 Å². The molecule has 2 aliphatic rings. The summed E-state index contributed by atoms with van der Waals surface area (Å²) in [6, 6.07) is 0. The van der Waals surface area contributed by atoms with Crippen LogP contribution in [0.15, 0.2) is 0 Å². The van der Waals surface area contributed by atoms with Crippen molar-refractivity contribution in [3.05, 3.63) is 0 Å². The summed E-state index contributed by atoms with van der Waals surface area (Å²) in [6.07, 6.45) is 5.53. The van der Waals surface area contributed by atoms with E-state index in [2.05, 4.69) is 24.1 Å². The minimum atomic E-state index is 0.405. The predicted octanol–water partition coefficient (Wildman–Crippen LogP) is 1.86. The van der Waals surface area contributed by atoms with E-state index in [-0.39, 0.29) is 0 Å². The highest BCUT2D eigenvalue weighted by molar-refractivity contribution is 4.91. The topological polar surface area (TPSA) is 15.3 Å². The Bertz CT molecular complexity index is 185. The molecule has 0 amide bonds. The highest BCUT2D eigenvalue weighted by atomic mass is 15.2. The summed E-state index contributed by atoms with van der Waals surface area (Å²) in [5, 5.41) is 3.70. The number of hydrogen-bond donors (Lipinski definition) is 1. The van der Waals surface area contributed by atoms with Crippen LogP contribution >= 0.6 is 0 Å². The van der Waals surface area contributed by atoms with E-state index in [1.165, 1.54) is 51.9 Å². The Morgan fingerprint density at radius 2 is 2.29 bits per heavy atom. The molecule has 0 aromatic carbocycles. The summed E-state index contributed by atoms with van der Waals surface area (Å²) in [4.78, 5) is 2.64. The van der Waals surface area contributed by atoms with Gasteiger partial charge in [0, 0.05) is 18.6 Å². The molecular weight excluding hydrogens is 172 g/mol. The fraction of sp³-hybridized carbons (Fsp3) is 1.00. The first-order valence-corrected chi connectivity index (χ1v) is 6.15. The number of likely N-dealkylation sites (tertiary alicyclic amines) is 1. The molecule has 2 nitrogen and oxygen atoms in total. The Labute approximate surface area is 88.1 Å². The van der Waals surface area contributed by atoms with E-state index in [1.807, 2.05) is 0 Å². The second-order valence-electron chi connectivity index (χ2n) is 5.57. The highest BCUT2D eigenvalue weighted by Crippen LogP contribution is 2.23. The zero-order valence-electron chi connectivity index (χ0n) is 9.68. The lowest BCUT2D eigenvalue weighted by Gasteiger charge is -2.38. The van der Waals surface area contributed by atoms with Crippen LogP contribution in [-0.4, -0.2) is 36.6 Å². The Hall–Kier alpha value is -0.0800. The van der Waals surface area contributed by atoms with Gasteiger partial charge in [-0.15, -0.1) is 0 Å². The van der Waals surface area contributed by atoms with Crippen LogP contribution < -0.4 is 5.32 Å². The molecule has 0 aromatic rings. The third-order valence-electron chi connectivity index (χ3n) is 3.79. The smallest absolute Gasteiger partial charge is 0.0280 e. The molecule has 2 heterocycles. The summed E-state index contributed by atoms with van der Waals surface area (Å²) >= 11 is 0. The first-order valence-electron chi connectivity index (χ1n) is 6.15. The van der Waals surface area contributed by atoms with Gasteiger partial charge in [-0.3, -0.25) is 0 Å². The molecule has 0 aliphatic carbocycles. The summed E-state index contributed by atoms with van der Waals surface area (Å²) in [6.45, 7) is 9.89. The van der Waals surface area contributed by atoms with Crippen LogP contribution in [0.2, 0.25) is 0 Å². The minimum Gasteiger partial charge on any atom is -0.310 e. The molecule has 82 valence electrons. The molecule has 0 saturated carbocycles. The standard InChI is InChI=1S/C12H24N2/c1-11-5-8-14(9-11)10-12(2)6-3-4-7-13-12/h11,13H,3-10H2,1-2H3. The van der Waals surface area contributed by atoms with Crippen LogP contribution in [0.3, 0.4) is 0 Å². The third-order valence-corrected chi connectivity index (χ3v) is 3.79. The summed E-state index contributed by atoms with van der Waals surface area (Å²) in [7, 11) is 0. The van der Waals surface area contributed by atoms with Gasteiger partial charge in [-0.2, -0.15) is 0 Å². The second kappa shape index (κ2) is 4.19. The van der Waals surface area contributed by atoms with Crippen LogP contribution in [-0.2, 0) is 0 Å². The molecule has 2 heteroatoms. The predicted molar refractivity (Wildman–Crippen MR) is 60.5 cm³/mol. The molecule has 1 N–H and O–H groups in total. The van der Waals surface area contributed by atoms with Gasteiger partial charge in [0.25, 0.3) is 0 Å². The summed E-state index contributed by atoms with van der Waals surface area (Å²) < 4.78 is 0. The zero-order valence-corrected chi connectivity index (χ0v) is 9.68. The maximum absolute atomic E-state index is 3.70. The van der Waals surface area contributed by atoms with Crippen LogP contribution in [0, 0.1) is 5.92 Å². The monoisotopic (exact) mass is 196 g/mol. The van der Waals surface area contributed by atoms with Gasteiger partial charge in [0.1, 0.15) is 0 Å². The van der Waals surface area contributed by atoms with Gasteiger partial charge in [0.2, 0.25) is 0 Å². The Kier molecular flexibility index (Phi) is 3.13. The van der Waals surface area contributed by atoms with Crippen molar-refractivity contribution in [1.29, 1.82) is 0 Å². The van der Waals surface area contributed by atoms with Crippen LogP contribution in [0.4, 0.5) is 0 Å². The van der Waals surface area contributed by atoms with Gasteiger partial charge in [-0.1, -0.05) is 13.3 Å². The number of rotatable bonds is 2. The number of hydrogen-bond acceptors (Lipinski definition) is 2. The van der Waals surface area contributed by atoms with E-state index in [0.717, 1.165) is 5.92 Å². The molecule has 2 fully saturated rings. The molecule has 14 heavy (non-hydrogen) atoms. The molecule has 0 aromatic heterocycles. The average Bonchev–Trinajstić information content (AvgIpc) is 2.51. The van der Waals surface area contributed by atoms with Gasteiger partial charge < -0.3 is 10.2 Å². The van der Waals surface area contributed by atoms with Crippen molar-refractivity contribution in [2.45, 2.75) is 45.1 Å². The van der Waals surface area contributed by atoms with Crippen molar-refractivity contribution in [1.82, 2.24) is 10.2 Å². The second-order valence-corrected chi connectivity index (χ2v) is 5.57. The van der Waals surface area contributed by atoms with Crippen molar-refractivity contribution < 1.29 is 0 Å². The van der Waals surface area contributed by atoms with Crippen LogP contribution in [0.1, 0.15) is 39.5 Å². The highest BCUT2D eigenvalue weighted by Gasteiger charge is 2.30. The third kappa shape index (κ3) is 2.48. The van der Waals surface area contributed by atoms with Crippen molar-refractivity contribution in [2.24, 2.45) is 5.92 Å². The van der Waals surface area contributed by atoms with E-state index in [0.29, 0.717) is 5.54 Å². The molecule has 0 bridgehead atoms. The van der Waals surface area contributed by atoms with Crippen molar-refractivity contribution in [3.8, 4) is 0 Å². The van der Waals surface area contributed by atoms with E-state index in [4.69, 9.17) is 0 Å². The van der Waals surface area contributed by atoms with E-state index in [9.17, 15) is 0 Å². The van der Waals surface area contributed by atoms with Crippen molar-refractivity contribution in [2.75, 3.05) is 26.2 Å². The Morgan fingerprint density at radius 3 is 2.86 bits per heavy atom. The Balaban J connectivity index is 1.83. The molecule has 2 saturated heterocycles. The molecule has 0 spiro atoms. The average molecular weight is 196 g/mol. The van der Waals surface area contributed by atoms with E-state index >= 15 is 0 Å². The first-order chi connectivity index (χ1) is 6.68. The van der Waals surface area contributed by atoms with Crippen molar-refractivity contribution >= 4 is 0 Å². The fourth-order valence-electron chi connectivity index (χ4n) is 2.92. The van der Waals surface area contributed by atoms with Gasteiger partial charge >= 0.3 is 0 Å². The maximum atomic E-state index is 3.70. The fourth-order valence-corrected chi connectivity index (χ4v) is 2.92.